The second-order valence-electron chi connectivity index (χ2n) is 6.00. The Labute approximate surface area is 158 Å². The van der Waals surface area contributed by atoms with E-state index in [1.54, 1.807) is 40.7 Å². The molecule has 0 aliphatic heterocycles. The van der Waals surface area contributed by atoms with Gasteiger partial charge in [-0.3, -0.25) is 4.98 Å². The van der Waals surface area contributed by atoms with Crippen molar-refractivity contribution in [2.45, 2.75) is 13.0 Å². The molecule has 142 valence electrons. The number of pyridine rings is 1. The lowest BCUT2D eigenvalue weighted by Crippen LogP contribution is -2.02. The first-order valence-corrected chi connectivity index (χ1v) is 8.49. The van der Waals surface area contributed by atoms with Crippen molar-refractivity contribution in [1.82, 2.24) is 4.98 Å². The Balaban J connectivity index is 2.11. The van der Waals surface area contributed by atoms with Gasteiger partial charge in [0.25, 0.3) is 0 Å². The maximum Gasteiger partial charge on any atom is 0.161 e. The Morgan fingerprint density at radius 3 is 1.93 bits per heavy atom. The van der Waals surface area contributed by atoms with Gasteiger partial charge in [-0.15, -0.1) is 0 Å². The molecule has 0 saturated carbocycles. The highest BCUT2D eigenvalue weighted by Gasteiger charge is 2.15. The number of rotatable bonds is 7. The van der Waals surface area contributed by atoms with Gasteiger partial charge in [0, 0.05) is 18.0 Å². The van der Waals surface area contributed by atoms with Crippen molar-refractivity contribution in [3.63, 3.8) is 0 Å². The molecule has 0 aliphatic rings. The molecule has 1 N–H and O–H groups in total. The van der Waals surface area contributed by atoms with Gasteiger partial charge in [-0.2, -0.15) is 0 Å². The topological polar surface area (TPSA) is 70.0 Å². The number of fused-ring (bicyclic) bond motifs is 1. The zero-order valence-electron chi connectivity index (χ0n) is 15.9. The normalized spacial score (nSPS) is 10.7. The zero-order chi connectivity index (χ0) is 19.4. The van der Waals surface area contributed by atoms with Crippen molar-refractivity contribution in [1.29, 1.82) is 0 Å². The Bertz CT molecular complexity index is 955. The monoisotopic (exact) mass is 369 g/mol. The van der Waals surface area contributed by atoms with Crippen LogP contribution in [0.3, 0.4) is 0 Å². The quantitative estimate of drug-likeness (QED) is 0.689. The minimum Gasteiger partial charge on any atom is -0.493 e. The number of methoxy groups -OCH3 is 4. The molecule has 6 nitrogen and oxygen atoms in total. The smallest absolute Gasteiger partial charge is 0.161 e. The van der Waals surface area contributed by atoms with E-state index in [1.165, 1.54) is 0 Å². The van der Waals surface area contributed by atoms with E-state index < -0.39 is 0 Å². The van der Waals surface area contributed by atoms with Gasteiger partial charge in [0.2, 0.25) is 0 Å². The number of aliphatic hydroxyl groups is 1. The van der Waals surface area contributed by atoms with Gasteiger partial charge in [-0.1, -0.05) is 0 Å². The van der Waals surface area contributed by atoms with Crippen molar-refractivity contribution in [2.24, 2.45) is 0 Å². The van der Waals surface area contributed by atoms with E-state index in [9.17, 15) is 5.11 Å². The summed E-state index contributed by atoms with van der Waals surface area (Å²) >= 11 is 0. The summed E-state index contributed by atoms with van der Waals surface area (Å²) in [5.74, 6) is 2.52. The molecule has 3 rings (SSSR count). The van der Waals surface area contributed by atoms with Crippen LogP contribution in [0, 0.1) is 0 Å². The Morgan fingerprint density at radius 1 is 0.778 bits per heavy atom. The van der Waals surface area contributed by atoms with E-state index in [-0.39, 0.29) is 6.61 Å². The molecular weight excluding hydrogens is 346 g/mol. The van der Waals surface area contributed by atoms with E-state index in [0.717, 1.165) is 27.6 Å². The SMILES string of the molecule is COc1cc(CO)c(Cc2nccc3cc(OC)c(OC)cc23)cc1OC. The van der Waals surface area contributed by atoms with E-state index in [0.29, 0.717) is 29.4 Å². The average Bonchev–Trinajstić information content (AvgIpc) is 2.72. The summed E-state index contributed by atoms with van der Waals surface area (Å²) in [5.41, 5.74) is 2.56. The van der Waals surface area contributed by atoms with Crippen LogP contribution >= 0.6 is 0 Å². The summed E-state index contributed by atoms with van der Waals surface area (Å²) in [5, 5.41) is 11.8. The van der Waals surface area contributed by atoms with E-state index in [4.69, 9.17) is 18.9 Å². The van der Waals surface area contributed by atoms with Crippen LogP contribution < -0.4 is 18.9 Å². The first-order valence-electron chi connectivity index (χ1n) is 8.49. The fraction of sp³-hybridized carbons (Fsp3) is 0.286. The average molecular weight is 369 g/mol. The molecular formula is C21H23NO5. The predicted octanol–water partition coefficient (Wildman–Crippen LogP) is 3.35. The molecule has 0 bridgehead atoms. The molecule has 0 spiro atoms. The van der Waals surface area contributed by atoms with Crippen LogP contribution in [0.1, 0.15) is 16.8 Å². The van der Waals surface area contributed by atoms with Crippen molar-refractivity contribution in [2.75, 3.05) is 28.4 Å². The molecule has 2 aromatic carbocycles. The second-order valence-corrected chi connectivity index (χ2v) is 6.00. The molecule has 6 heteroatoms. The Morgan fingerprint density at radius 2 is 1.33 bits per heavy atom. The number of benzene rings is 2. The summed E-state index contributed by atoms with van der Waals surface area (Å²) in [6.07, 6.45) is 2.30. The number of aromatic nitrogens is 1. The fourth-order valence-corrected chi connectivity index (χ4v) is 3.16. The fourth-order valence-electron chi connectivity index (χ4n) is 3.16. The van der Waals surface area contributed by atoms with Crippen LogP contribution in [-0.2, 0) is 13.0 Å². The molecule has 0 aliphatic carbocycles. The number of hydrogen-bond acceptors (Lipinski definition) is 6. The van der Waals surface area contributed by atoms with E-state index >= 15 is 0 Å². The van der Waals surface area contributed by atoms with Gasteiger partial charge < -0.3 is 24.1 Å². The van der Waals surface area contributed by atoms with E-state index in [2.05, 4.69) is 4.98 Å². The Kier molecular flexibility index (Phi) is 5.66. The van der Waals surface area contributed by atoms with E-state index in [1.807, 2.05) is 24.3 Å². The summed E-state index contributed by atoms with van der Waals surface area (Å²) in [6.45, 7) is -0.0996. The molecule has 0 fully saturated rings. The molecule has 1 heterocycles. The summed E-state index contributed by atoms with van der Waals surface area (Å²) < 4.78 is 21.6. The number of ether oxygens (including phenoxy) is 4. The third kappa shape index (κ3) is 3.61. The molecule has 0 radical (unpaired) electrons. The van der Waals surface area contributed by atoms with Gasteiger partial charge in [0.05, 0.1) is 40.7 Å². The first kappa shape index (κ1) is 18.8. The maximum atomic E-state index is 9.79. The van der Waals surface area contributed by atoms with Gasteiger partial charge >= 0.3 is 0 Å². The molecule has 0 unspecified atom stereocenters. The van der Waals surface area contributed by atoms with Crippen LogP contribution in [0.15, 0.2) is 36.5 Å². The highest BCUT2D eigenvalue weighted by Crippen LogP contribution is 2.35. The van der Waals surface area contributed by atoms with Crippen LogP contribution in [0.5, 0.6) is 23.0 Å². The predicted molar refractivity (Wildman–Crippen MR) is 103 cm³/mol. The lowest BCUT2D eigenvalue weighted by atomic mass is 9.98. The zero-order valence-corrected chi connectivity index (χ0v) is 15.9. The van der Waals surface area contributed by atoms with Crippen molar-refractivity contribution in [3.8, 4) is 23.0 Å². The number of nitrogens with zero attached hydrogens (tertiary/aromatic N) is 1. The molecule has 0 atom stereocenters. The molecule has 0 saturated heterocycles. The minimum atomic E-state index is -0.0996. The number of hydrogen-bond donors (Lipinski definition) is 1. The Hall–Kier alpha value is -2.99. The summed E-state index contributed by atoms with van der Waals surface area (Å²) in [7, 11) is 6.39. The highest BCUT2D eigenvalue weighted by atomic mass is 16.5. The lowest BCUT2D eigenvalue weighted by molar-refractivity contribution is 0.279. The minimum absolute atomic E-state index is 0.0996. The van der Waals surface area contributed by atoms with Crippen molar-refractivity contribution < 1.29 is 24.1 Å². The first-order chi connectivity index (χ1) is 13.1. The molecule has 27 heavy (non-hydrogen) atoms. The molecule has 3 aromatic rings. The van der Waals surface area contributed by atoms with Crippen LogP contribution in [0.2, 0.25) is 0 Å². The highest BCUT2D eigenvalue weighted by molar-refractivity contribution is 5.88. The second kappa shape index (κ2) is 8.14. The third-order valence-electron chi connectivity index (χ3n) is 4.59. The van der Waals surface area contributed by atoms with Gasteiger partial charge in [-0.25, -0.2) is 0 Å². The standard InChI is InChI=1S/C21H23NO5/c1-24-18-8-13-5-6-22-17(16(13)11-21(18)27-4)7-14-9-19(25-2)20(26-3)10-15(14)12-23/h5-6,8-11,23H,7,12H2,1-4H3. The summed E-state index contributed by atoms with van der Waals surface area (Å²) in [4.78, 5) is 4.56. The van der Waals surface area contributed by atoms with Crippen LogP contribution in [-0.4, -0.2) is 38.5 Å². The number of aliphatic hydroxyl groups excluding tert-OH is 1. The summed E-state index contributed by atoms with van der Waals surface area (Å²) in [6, 6.07) is 9.47. The molecule has 1 aromatic heterocycles. The maximum absolute atomic E-state index is 9.79. The van der Waals surface area contributed by atoms with Gasteiger partial charge in [-0.05, 0) is 46.8 Å². The lowest BCUT2D eigenvalue weighted by Gasteiger charge is -2.15. The van der Waals surface area contributed by atoms with Crippen LogP contribution in [0.4, 0.5) is 0 Å². The molecule has 0 amide bonds. The van der Waals surface area contributed by atoms with Crippen molar-refractivity contribution in [3.05, 3.63) is 53.3 Å². The van der Waals surface area contributed by atoms with Gasteiger partial charge in [0.1, 0.15) is 0 Å². The van der Waals surface area contributed by atoms with Crippen LogP contribution in [0.25, 0.3) is 10.8 Å². The third-order valence-corrected chi connectivity index (χ3v) is 4.59. The van der Waals surface area contributed by atoms with Gasteiger partial charge in [0.15, 0.2) is 23.0 Å². The van der Waals surface area contributed by atoms with Crippen molar-refractivity contribution >= 4 is 10.8 Å². The largest absolute Gasteiger partial charge is 0.493 e.